The first kappa shape index (κ1) is 21.6. The Morgan fingerprint density at radius 2 is 2.09 bits per heavy atom. The van der Waals surface area contributed by atoms with Gasteiger partial charge in [-0.15, -0.1) is 0 Å². The van der Waals surface area contributed by atoms with Crippen LogP contribution in [0, 0.1) is 0 Å². The van der Waals surface area contributed by atoms with Crippen LogP contribution in [0.2, 0.25) is 0 Å². The molecule has 2 aliphatic rings. The topological polar surface area (TPSA) is 109 Å². The summed E-state index contributed by atoms with van der Waals surface area (Å²) in [5.74, 6) is 1.27. The number of pyridine rings is 1. The maximum absolute atomic E-state index is 9.89. The van der Waals surface area contributed by atoms with Crippen molar-refractivity contribution in [3.63, 3.8) is 0 Å². The van der Waals surface area contributed by atoms with Gasteiger partial charge >= 0.3 is 0 Å². The van der Waals surface area contributed by atoms with Gasteiger partial charge in [-0.3, -0.25) is 0 Å². The number of aliphatic hydroxyl groups excluding tert-OH is 1. The Hall–Kier alpha value is -3.89. The molecule has 0 amide bonds. The summed E-state index contributed by atoms with van der Waals surface area (Å²) in [6, 6.07) is 10.2. The van der Waals surface area contributed by atoms with Gasteiger partial charge in [-0.25, -0.2) is 15.0 Å². The van der Waals surface area contributed by atoms with Crippen molar-refractivity contribution in [2.24, 2.45) is 0 Å². The Morgan fingerprint density at radius 3 is 2.94 bits per heavy atom. The molecule has 4 aromatic rings. The van der Waals surface area contributed by atoms with Gasteiger partial charge < -0.3 is 34.5 Å². The molecule has 0 bridgehead atoms. The second-order valence-electron chi connectivity index (χ2n) is 8.75. The number of rotatable bonds is 5. The lowest BCUT2D eigenvalue weighted by Crippen LogP contribution is -2.47. The minimum absolute atomic E-state index is 0.179. The number of anilines is 4. The Labute approximate surface area is 202 Å². The summed E-state index contributed by atoms with van der Waals surface area (Å²) in [6.45, 7) is 5.18. The molecule has 3 N–H and O–H groups in total. The molecule has 10 nitrogen and oxygen atoms in total. The van der Waals surface area contributed by atoms with Gasteiger partial charge in [0, 0.05) is 61.4 Å². The lowest BCUT2D eigenvalue weighted by molar-refractivity contribution is -0.0364. The van der Waals surface area contributed by atoms with Crippen molar-refractivity contribution in [2.75, 3.05) is 48.4 Å². The van der Waals surface area contributed by atoms with Crippen molar-refractivity contribution >= 4 is 28.5 Å². The number of hydrogen-bond acceptors (Lipinski definition) is 9. The van der Waals surface area contributed by atoms with Crippen LogP contribution in [0.15, 0.2) is 55.1 Å². The van der Waals surface area contributed by atoms with Crippen LogP contribution in [-0.2, 0) is 4.74 Å². The highest BCUT2D eigenvalue weighted by molar-refractivity contribution is 5.75. The minimum Gasteiger partial charge on any atom is -0.474 e. The zero-order valence-corrected chi connectivity index (χ0v) is 19.4. The highest BCUT2D eigenvalue weighted by atomic mass is 16.5. The highest BCUT2D eigenvalue weighted by Crippen LogP contribution is 2.31. The summed E-state index contributed by atoms with van der Waals surface area (Å²) in [5.41, 5.74) is 5.25. The van der Waals surface area contributed by atoms with Crippen LogP contribution in [-0.4, -0.2) is 69.5 Å². The average molecular weight is 474 g/mol. The molecular weight excluding hydrogens is 446 g/mol. The van der Waals surface area contributed by atoms with Crippen LogP contribution in [0.5, 0.6) is 5.88 Å². The molecule has 0 saturated carbocycles. The smallest absolute Gasteiger partial charge is 0.237 e. The number of hydrogen-bond donors (Lipinski definition) is 3. The van der Waals surface area contributed by atoms with E-state index in [1.165, 1.54) is 0 Å². The SMILES string of the molecule is C[C@H](O)[C@H]1CN(c2ccc(Nc3nc(-c4cnc5c(c4)NCCO5)cn4ccnc34)cc2)CCO1. The van der Waals surface area contributed by atoms with E-state index in [0.29, 0.717) is 31.5 Å². The van der Waals surface area contributed by atoms with Crippen molar-refractivity contribution in [3.05, 3.63) is 55.1 Å². The molecule has 0 radical (unpaired) electrons. The maximum atomic E-state index is 9.89. The number of nitrogens with zero attached hydrogens (tertiary/aromatic N) is 5. The summed E-state index contributed by atoms with van der Waals surface area (Å²) in [7, 11) is 0. The Balaban J connectivity index is 1.26. The van der Waals surface area contributed by atoms with Gasteiger partial charge in [0.1, 0.15) is 12.7 Å². The Morgan fingerprint density at radius 1 is 1.20 bits per heavy atom. The predicted octanol–water partition coefficient (Wildman–Crippen LogP) is 2.93. The van der Waals surface area contributed by atoms with Gasteiger partial charge in [0.05, 0.1) is 24.1 Å². The molecule has 0 unspecified atom stereocenters. The molecule has 6 rings (SSSR count). The molecule has 1 aromatic carbocycles. The van der Waals surface area contributed by atoms with Crippen LogP contribution in [0.1, 0.15) is 6.92 Å². The summed E-state index contributed by atoms with van der Waals surface area (Å²) in [4.78, 5) is 16.0. The van der Waals surface area contributed by atoms with E-state index in [-0.39, 0.29) is 6.10 Å². The second-order valence-corrected chi connectivity index (χ2v) is 8.75. The fourth-order valence-corrected chi connectivity index (χ4v) is 4.42. The standard InChI is InChI=1S/C25H27N7O3/c1-16(33)22-15-31(9-11-34-22)19-4-2-18(3-5-19)29-23-24-27-6-8-32(24)14-21(30-23)17-12-20-25(28-13-17)35-10-7-26-20/h2-6,8,12-14,16,22,26,33H,7,9-11,15H2,1H3,(H,29,30)/t16-,22+/m0/s1. The fourth-order valence-electron chi connectivity index (χ4n) is 4.42. The van der Waals surface area contributed by atoms with E-state index in [9.17, 15) is 5.11 Å². The molecular formula is C25H27N7O3. The van der Waals surface area contributed by atoms with Crippen molar-refractivity contribution in [3.8, 4) is 17.1 Å². The molecule has 2 atom stereocenters. The monoisotopic (exact) mass is 473 g/mol. The largest absolute Gasteiger partial charge is 0.474 e. The van der Waals surface area contributed by atoms with E-state index >= 15 is 0 Å². The second kappa shape index (κ2) is 9.05. The van der Waals surface area contributed by atoms with E-state index < -0.39 is 6.10 Å². The van der Waals surface area contributed by atoms with Crippen LogP contribution >= 0.6 is 0 Å². The molecule has 1 fully saturated rings. The maximum Gasteiger partial charge on any atom is 0.237 e. The number of benzene rings is 1. The Kier molecular flexibility index (Phi) is 5.59. The van der Waals surface area contributed by atoms with Crippen LogP contribution in [0.3, 0.4) is 0 Å². The lowest BCUT2D eigenvalue weighted by Gasteiger charge is -2.35. The highest BCUT2D eigenvalue weighted by Gasteiger charge is 2.24. The molecule has 5 heterocycles. The van der Waals surface area contributed by atoms with E-state index in [1.807, 2.05) is 35.0 Å². The first-order valence-corrected chi connectivity index (χ1v) is 11.8. The third-order valence-corrected chi connectivity index (χ3v) is 6.30. The summed E-state index contributed by atoms with van der Waals surface area (Å²) >= 11 is 0. The van der Waals surface area contributed by atoms with Crippen molar-refractivity contribution in [1.29, 1.82) is 0 Å². The first-order valence-electron chi connectivity index (χ1n) is 11.8. The minimum atomic E-state index is -0.498. The van der Waals surface area contributed by atoms with E-state index in [1.54, 1.807) is 19.3 Å². The summed E-state index contributed by atoms with van der Waals surface area (Å²) in [6.07, 6.45) is 6.70. The molecule has 3 aromatic heterocycles. The number of aromatic nitrogens is 4. The third kappa shape index (κ3) is 4.33. The normalized spacial score (nSPS) is 18.5. The zero-order valence-electron chi connectivity index (χ0n) is 19.4. The van der Waals surface area contributed by atoms with Gasteiger partial charge in [0.25, 0.3) is 0 Å². The number of nitrogens with one attached hydrogen (secondary N) is 2. The van der Waals surface area contributed by atoms with E-state index in [0.717, 1.165) is 47.1 Å². The van der Waals surface area contributed by atoms with Gasteiger partial charge in [-0.2, -0.15) is 0 Å². The number of ether oxygens (including phenoxy) is 2. The van der Waals surface area contributed by atoms with Gasteiger partial charge in [0.15, 0.2) is 11.5 Å². The van der Waals surface area contributed by atoms with Gasteiger partial charge in [-0.05, 0) is 37.3 Å². The number of morpholine rings is 1. The quantitative estimate of drug-likeness (QED) is 0.403. The van der Waals surface area contributed by atoms with Gasteiger partial charge in [0.2, 0.25) is 5.88 Å². The molecule has 0 aliphatic carbocycles. The molecule has 1 saturated heterocycles. The van der Waals surface area contributed by atoms with E-state index in [4.69, 9.17) is 14.5 Å². The number of imidazole rings is 1. The van der Waals surface area contributed by atoms with Gasteiger partial charge in [-0.1, -0.05) is 0 Å². The Bertz CT molecular complexity index is 1340. The molecule has 10 heteroatoms. The molecule has 35 heavy (non-hydrogen) atoms. The van der Waals surface area contributed by atoms with Crippen LogP contribution in [0.25, 0.3) is 16.9 Å². The zero-order chi connectivity index (χ0) is 23.8. The van der Waals surface area contributed by atoms with Crippen LogP contribution < -0.4 is 20.3 Å². The van der Waals surface area contributed by atoms with Crippen molar-refractivity contribution in [1.82, 2.24) is 19.4 Å². The average Bonchev–Trinajstić information content (AvgIpc) is 3.38. The number of aliphatic hydroxyl groups is 1. The summed E-state index contributed by atoms with van der Waals surface area (Å²) < 4.78 is 13.2. The predicted molar refractivity (Wildman–Crippen MR) is 134 cm³/mol. The third-order valence-electron chi connectivity index (χ3n) is 6.30. The van der Waals surface area contributed by atoms with Crippen molar-refractivity contribution in [2.45, 2.75) is 19.1 Å². The van der Waals surface area contributed by atoms with E-state index in [2.05, 4.69) is 37.6 Å². The molecule has 2 aliphatic heterocycles. The fraction of sp³-hybridized carbons (Fsp3) is 0.320. The number of fused-ring (bicyclic) bond motifs is 2. The first-order chi connectivity index (χ1) is 17.1. The van der Waals surface area contributed by atoms with Crippen LogP contribution in [0.4, 0.5) is 22.9 Å². The molecule has 0 spiro atoms. The lowest BCUT2D eigenvalue weighted by atomic mass is 10.1. The summed E-state index contributed by atoms with van der Waals surface area (Å²) in [5, 5.41) is 16.6. The molecule has 180 valence electrons. The van der Waals surface area contributed by atoms with Crippen molar-refractivity contribution < 1.29 is 14.6 Å².